The molecule has 0 amide bonds. The highest BCUT2D eigenvalue weighted by molar-refractivity contribution is 8.13. The first-order valence-electron chi connectivity index (χ1n) is 9.72. The van der Waals surface area contributed by atoms with Gasteiger partial charge in [-0.25, -0.2) is 9.37 Å². The maximum atomic E-state index is 14.5. The van der Waals surface area contributed by atoms with Gasteiger partial charge in [-0.1, -0.05) is 42.1 Å². The van der Waals surface area contributed by atoms with Crippen LogP contribution in [-0.2, 0) is 12.1 Å². The summed E-state index contributed by atoms with van der Waals surface area (Å²) in [5.41, 5.74) is 7.66. The van der Waals surface area contributed by atoms with Crippen molar-refractivity contribution in [3.63, 3.8) is 0 Å². The molecule has 4 rings (SSSR count). The lowest BCUT2D eigenvalue weighted by molar-refractivity contribution is 0.457. The molecule has 7 heteroatoms. The number of anilines is 1. The van der Waals surface area contributed by atoms with Crippen LogP contribution >= 0.6 is 11.8 Å². The van der Waals surface area contributed by atoms with Gasteiger partial charge in [-0.2, -0.15) is 0 Å². The molecule has 0 radical (unpaired) electrons. The van der Waals surface area contributed by atoms with Gasteiger partial charge in [-0.05, 0) is 49.2 Å². The van der Waals surface area contributed by atoms with Gasteiger partial charge in [-0.3, -0.25) is 4.99 Å². The number of aromatic nitrogens is 1. The number of para-hydroxylation sites is 1. The van der Waals surface area contributed by atoms with Gasteiger partial charge in [-0.15, -0.1) is 0 Å². The lowest BCUT2D eigenvalue weighted by Gasteiger charge is -2.30. The minimum absolute atomic E-state index is 0.320. The average Bonchev–Trinajstić information content (AvgIpc) is 2.74. The number of pyridine rings is 1. The second-order valence-corrected chi connectivity index (χ2v) is 8.37. The quantitative estimate of drug-likeness (QED) is 0.565. The van der Waals surface area contributed by atoms with Gasteiger partial charge in [0.25, 0.3) is 0 Å². The Morgan fingerprint density at radius 2 is 2.00 bits per heavy atom. The highest BCUT2D eigenvalue weighted by Gasteiger charge is 2.30. The molecular weight excluding hydrogens is 399 g/mol. The first-order valence-corrected chi connectivity index (χ1v) is 10.7. The van der Waals surface area contributed by atoms with Crippen molar-refractivity contribution in [3.05, 3.63) is 83.8 Å². The molecular formula is C23H23FN4OS. The number of nitrogens with zero attached hydrogens (tertiary/aromatic N) is 2. The Morgan fingerprint density at radius 1 is 1.17 bits per heavy atom. The lowest BCUT2D eigenvalue weighted by atomic mass is 9.89. The molecule has 0 saturated heterocycles. The molecule has 0 aliphatic carbocycles. The third-order valence-corrected chi connectivity index (χ3v) is 5.86. The maximum absolute atomic E-state index is 14.5. The number of amidine groups is 1. The molecule has 0 fully saturated rings. The van der Waals surface area contributed by atoms with Crippen LogP contribution in [-0.4, -0.2) is 15.9 Å². The zero-order valence-corrected chi connectivity index (χ0v) is 17.5. The fourth-order valence-electron chi connectivity index (χ4n) is 3.33. The maximum Gasteiger partial charge on any atom is 0.224 e. The van der Waals surface area contributed by atoms with Crippen molar-refractivity contribution in [2.75, 3.05) is 11.1 Å². The predicted octanol–water partition coefficient (Wildman–Crippen LogP) is 5.29. The van der Waals surface area contributed by atoms with Crippen LogP contribution < -0.4 is 15.8 Å². The monoisotopic (exact) mass is 422 g/mol. The van der Waals surface area contributed by atoms with Crippen molar-refractivity contribution in [1.82, 2.24) is 4.98 Å². The van der Waals surface area contributed by atoms with Gasteiger partial charge in [0.15, 0.2) is 5.17 Å². The molecule has 0 spiro atoms. The van der Waals surface area contributed by atoms with E-state index in [0.29, 0.717) is 29.0 Å². The van der Waals surface area contributed by atoms with Crippen LogP contribution in [0.4, 0.5) is 10.1 Å². The van der Waals surface area contributed by atoms with Gasteiger partial charge in [0, 0.05) is 24.1 Å². The Morgan fingerprint density at radius 3 is 2.80 bits per heavy atom. The first-order chi connectivity index (χ1) is 14.5. The summed E-state index contributed by atoms with van der Waals surface area (Å²) in [7, 11) is 0. The summed E-state index contributed by atoms with van der Waals surface area (Å²) in [5, 5.41) is 3.75. The molecule has 3 N–H and O–H groups in total. The minimum atomic E-state index is -0.449. The molecule has 2 heterocycles. The van der Waals surface area contributed by atoms with Crippen LogP contribution in [0.15, 0.2) is 71.9 Å². The van der Waals surface area contributed by atoms with E-state index in [1.54, 1.807) is 24.0 Å². The summed E-state index contributed by atoms with van der Waals surface area (Å²) in [4.78, 5) is 8.94. The van der Waals surface area contributed by atoms with E-state index in [2.05, 4.69) is 15.3 Å². The van der Waals surface area contributed by atoms with E-state index < -0.39 is 5.54 Å². The number of hydrogen-bond acceptors (Lipinski definition) is 6. The normalized spacial score (nSPS) is 18.5. The van der Waals surface area contributed by atoms with E-state index in [-0.39, 0.29) is 5.82 Å². The molecule has 0 bridgehead atoms. The molecule has 1 atom stereocenters. The van der Waals surface area contributed by atoms with Crippen molar-refractivity contribution in [2.45, 2.75) is 25.4 Å². The topological polar surface area (TPSA) is 72.5 Å². The number of nitrogens with two attached hydrogens (primary N) is 1. The van der Waals surface area contributed by atoms with E-state index >= 15 is 0 Å². The molecule has 5 nitrogen and oxygen atoms in total. The molecule has 1 aromatic heterocycles. The third-order valence-electron chi connectivity index (χ3n) is 5.06. The Balaban J connectivity index is 1.54. The van der Waals surface area contributed by atoms with Gasteiger partial charge in [0.2, 0.25) is 5.88 Å². The summed E-state index contributed by atoms with van der Waals surface area (Å²) in [6.45, 7) is 2.40. The van der Waals surface area contributed by atoms with E-state index in [4.69, 9.17) is 10.5 Å². The van der Waals surface area contributed by atoms with Crippen LogP contribution in [0.5, 0.6) is 11.6 Å². The molecule has 154 valence electrons. The SMILES string of the molecule is CC1(c2ccc(F)c(NCc3cccnc3Oc3ccccc3)c2)CCSC(N)=N1. The molecule has 1 unspecified atom stereocenters. The summed E-state index contributed by atoms with van der Waals surface area (Å²) < 4.78 is 20.4. The fourth-order valence-corrected chi connectivity index (χ4v) is 4.31. The molecule has 30 heavy (non-hydrogen) atoms. The van der Waals surface area contributed by atoms with Gasteiger partial charge in [0.05, 0.1) is 11.2 Å². The zero-order chi connectivity index (χ0) is 21.0. The first kappa shape index (κ1) is 20.2. The molecule has 2 aromatic carbocycles. The highest BCUT2D eigenvalue weighted by Crippen LogP contribution is 2.36. The fraction of sp³-hybridized carbons (Fsp3) is 0.217. The molecule has 0 saturated carbocycles. The van der Waals surface area contributed by atoms with Crippen LogP contribution in [0.2, 0.25) is 0 Å². The van der Waals surface area contributed by atoms with Crippen molar-refractivity contribution >= 4 is 22.6 Å². The summed E-state index contributed by atoms with van der Waals surface area (Å²) in [5.74, 6) is 1.76. The largest absolute Gasteiger partial charge is 0.439 e. The van der Waals surface area contributed by atoms with Crippen LogP contribution in [0.1, 0.15) is 24.5 Å². The number of halogens is 1. The predicted molar refractivity (Wildman–Crippen MR) is 121 cm³/mol. The Labute approximate surface area is 179 Å². The van der Waals surface area contributed by atoms with E-state index in [1.165, 1.54) is 6.07 Å². The van der Waals surface area contributed by atoms with Crippen molar-refractivity contribution in [1.29, 1.82) is 0 Å². The molecule has 1 aliphatic heterocycles. The Kier molecular flexibility index (Phi) is 5.90. The van der Waals surface area contributed by atoms with E-state index in [0.717, 1.165) is 23.3 Å². The standard InChI is InChI=1S/C23H23FN4OS/c1-23(11-13-30-22(25)28-23)17-9-10-19(24)20(14-17)27-15-16-6-5-12-26-21(16)29-18-7-3-2-4-8-18/h2-10,12,14,27H,11,13,15H2,1H3,(H2,25,28). The lowest BCUT2D eigenvalue weighted by Crippen LogP contribution is -2.28. The number of thioether (sulfide) groups is 1. The minimum Gasteiger partial charge on any atom is -0.439 e. The molecule has 1 aliphatic rings. The Bertz CT molecular complexity index is 1060. The second-order valence-electron chi connectivity index (χ2n) is 7.25. The van der Waals surface area contributed by atoms with Crippen LogP contribution in [0.25, 0.3) is 0 Å². The van der Waals surface area contributed by atoms with E-state index in [1.807, 2.05) is 55.5 Å². The van der Waals surface area contributed by atoms with Gasteiger partial charge >= 0.3 is 0 Å². The Hall–Kier alpha value is -3.06. The number of rotatable bonds is 6. The average molecular weight is 423 g/mol. The van der Waals surface area contributed by atoms with Gasteiger partial charge in [0.1, 0.15) is 11.6 Å². The number of hydrogen-bond donors (Lipinski definition) is 2. The van der Waals surface area contributed by atoms with Crippen LogP contribution in [0.3, 0.4) is 0 Å². The number of ether oxygens (including phenoxy) is 1. The van der Waals surface area contributed by atoms with E-state index in [9.17, 15) is 4.39 Å². The van der Waals surface area contributed by atoms with Gasteiger partial charge < -0.3 is 15.8 Å². The second kappa shape index (κ2) is 8.75. The number of benzene rings is 2. The number of aliphatic imine (C=N–C) groups is 1. The summed E-state index contributed by atoms with van der Waals surface area (Å²) in [6.07, 6.45) is 2.52. The van der Waals surface area contributed by atoms with Crippen molar-refractivity contribution < 1.29 is 9.13 Å². The van der Waals surface area contributed by atoms with Crippen molar-refractivity contribution in [2.24, 2.45) is 10.7 Å². The number of nitrogens with one attached hydrogen (secondary N) is 1. The smallest absolute Gasteiger partial charge is 0.224 e. The van der Waals surface area contributed by atoms with Crippen LogP contribution in [0, 0.1) is 5.82 Å². The summed E-state index contributed by atoms with van der Waals surface area (Å²) in [6, 6.07) is 18.3. The summed E-state index contributed by atoms with van der Waals surface area (Å²) >= 11 is 1.55. The third kappa shape index (κ3) is 4.57. The highest BCUT2D eigenvalue weighted by atomic mass is 32.2. The molecule has 3 aromatic rings. The zero-order valence-electron chi connectivity index (χ0n) is 16.6. The van der Waals surface area contributed by atoms with Crippen molar-refractivity contribution in [3.8, 4) is 11.6 Å².